The molecule has 80 valence electrons. The van der Waals surface area contributed by atoms with Crippen molar-refractivity contribution in [3.63, 3.8) is 0 Å². The van der Waals surface area contributed by atoms with Crippen LogP contribution in [-0.4, -0.2) is 11.5 Å². The molecular weight excluding hydrogens is 283 g/mol. The highest BCUT2D eigenvalue weighted by molar-refractivity contribution is 9.11. The summed E-state index contributed by atoms with van der Waals surface area (Å²) in [6.07, 6.45) is 0. The molecule has 0 atom stereocenters. The van der Waals surface area contributed by atoms with Crippen molar-refractivity contribution in [3.05, 3.63) is 44.4 Å². The largest absolute Gasteiger partial charge is 0.375 e. The lowest BCUT2D eigenvalue weighted by atomic mass is 10.2. The van der Waals surface area contributed by atoms with Crippen molar-refractivity contribution in [2.24, 2.45) is 0 Å². The van der Waals surface area contributed by atoms with E-state index in [4.69, 9.17) is 11.6 Å². The number of hydrogen-bond donors (Lipinski definition) is 1. The molecule has 1 rings (SSSR count). The Bertz CT molecular complexity index is 409. The van der Waals surface area contributed by atoms with Crippen LogP contribution in [0.15, 0.2) is 29.3 Å². The molecule has 1 N–H and O–H groups in total. The molecule has 4 nitrogen and oxygen atoms in total. The van der Waals surface area contributed by atoms with Crippen LogP contribution in [0.1, 0.15) is 0 Å². The molecule has 0 amide bonds. The van der Waals surface area contributed by atoms with E-state index in [1.807, 2.05) is 0 Å². The zero-order valence-corrected chi connectivity index (χ0v) is 10.0. The normalized spacial score (nSPS) is 9.73. The van der Waals surface area contributed by atoms with Gasteiger partial charge in [0.2, 0.25) is 0 Å². The Morgan fingerprint density at radius 2 is 2.33 bits per heavy atom. The van der Waals surface area contributed by atoms with Gasteiger partial charge in [-0.3, -0.25) is 10.1 Å². The average Bonchev–Trinajstić information content (AvgIpc) is 2.15. The minimum absolute atomic E-state index is 0.0451. The molecule has 0 unspecified atom stereocenters. The van der Waals surface area contributed by atoms with Gasteiger partial charge in [-0.15, -0.1) is 0 Å². The number of anilines is 1. The van der Waals surface area contributed by atoms with Gasteiger partial charge < -0.3 is 5.32 Å². The lowest BCUT2D eigenvalue weighted by Gasteiger charge is -2.05. The fraction of sp³-hybridized carbons (Fsp3) is 0.111. The molecule has 0 radical (unpaired) electrons. The summed E-state index contributed by atoms with van der Waals surface area (Å²) < 4.78 is 0.715. The van der Waals surface area contributed by atoms with Crippen molar-refractivity contribution in [1.29, 1.82) is 0 Å². The Balaban J connectivity index is 2.95. The zero-order chi connectivity index (χ0) is 11.4. The van der Waals surface area contributed by atoms with E-state index in [2.05, 4.69) is 27.8 Å². The molecule has 6 heteroatoms. The highest BCUT2D eigenvalue weighted by Crippen LogP contribution is 2.27. The molecule has 0 aliphatic rings. The standard InChI is InChI=1S/C9H8BrClN2O2/c1-6(10)5-12-8-3-2-7(11)4-9(8)13(14)15/h2-4,12H,1,5H2. The van der Waals surface area contributed by atoms with Crippen molar-refractivity contribution in [1.82, 2.24) is 0 Å². The monoisotopic (exact) mass is 290 g/mol. The highest BCUT2D eigenvalue weighted by atomic mass is 79.9. The van der Waals surface area contributed by atoms with Gasteiger partial charge in [-0.1, -0.05) is 34.1 Å². The van der Waals surface area contributed by atoms with E-state index in [0.717, 1.165) is 0 Å². The maximum atomic E-state index is 10.7. The van der Waals surface area contributed by atoms with E-state index in [0.29, 0.717) is 21.7 Å². The first kappa shape index (κ1) is 12.0. The topological polar surface area (TPSA) is 55.2 Å². The maximum absolute atomic E-state index is 10.7. The molecule has 0 heterocycles. The molecule has 0 aliphatic carbocycles. The minimum Gasteiger partial charge on any atom is -0.375 e. The Kier molecular flexibility index (Phi) is 4.11. The molecule has 0 bridgehead atoms. The second-order valence-corrected chi connectivity index (χ2v) is 4.35. The minimum atomic E-state index is -0.481. The molecule has 1 aromatic rings. The number of rotatable bonds is 4. The Morgan fingerprint density at radius 1 is 1.67 bits per heavy atom. The van der Waals surface area contributed by atoms with E-state index >= 15 is 0 Å². The van der Waals surface area contributed by atoms with Gasteiger partial charge >= 0.3 is 0 Å². The summed E-state index contributed by atoms with van der Waals surface area (Å²) in [6, 6.07) is 4.46. The smallest absolute Gasteiger partial charge is 0.293 e. The molecule has 0 aliphatic heterocycles. The molecule has 0 spiro atoms. The predicted octanol–water partition coefficient (Wildman–Crippen LogP) is 3.57. The number of benzene rings is 1. The lowest BCUT2D eigenvalue weighted by molar-refractivity contribution is -0.383. The van der Waals surface area contributed by atoms with Gasteiger partial charge in [-0.2, -0.15) is 0 Å². The quantitative estimate of drug-likeness (QED) is 0.681. The molecule has 15 heavy (non-hydrogen) atoms. The van der Waals surface area contributed by atoms with Crippen LogP contribution in [0.4, 0.5) is 11.4 Å². The van der Waals surface area contributed by atoms with Gasteiger partial charge in [0, 0.05) is 22.1 Å². The molecule has 0 fully saturated rings. The van der Waals surface area contributed by atoms with Gasteiger partial charge in [0.15, 0.2) is 0 Å². The first-order chi connectivity index (χ1) is 7.00. The van der Waals surface area contributed by atoms with Crippen LogP contribution in [-0.2, 0) is 0 Å². The van der Waals surface area contributed by atoms with Gasteiger partial charge in [0.05, 0.1) is 4.92 Å². The first-order valence-corrected chi connectivity index (χ1v) is 5.19. The molecule has 0 saturated heterocycles. The van der Waals surface area contributed by atoms with Crippen LogP contribution in [0.25, 0.3) is 0 Å². The van der Waals surface area contributed by atoms with E-state index in [9.17, 15) is 10.1 Å². The summed E-state index contributed by atoms with van der Waals surface area (Å²) in [4.78, 5) is 10.2. The van der Waals surface area contributed by atoms with Gasteiger partial charge in [0.1, 0.15) is 5.69 Å². The Hall–Kier alpha value is -1.07. The highest BCUT2D eigenvalue weighted by Gasteiger charge is 2.13. The summed E-state index contributed by atoms with van der Waals surface area (Å²) in [6.45, 7) is 4.04. The van der Waals surface area contributed by atoms with Gasteiger partial charge in [-0.05, 0) is 12.1 Å². The summed E-state index contributed by atoms with van der Waals surface area (Å²) in [5, 5.41) is 13.9. The third-order valence-electron chi connectivity index (χ3n) is 1.63. The number of halogens is 2. The fourth-order valence-corrected chi connectivity index (χ4v) is 1.30. The van der Waals surface area contributed by atoms with Crippen molar-refractivity contribution in [3.8, 4) is 0 Å². The van der Waals surface area contributed by atoms with Crippen LogP contribution >= 0.6 is 27.5 Å². The number of nitrogens with zero attached hydrogens (tertiary/aromatic N) is 1. The molecule has 0 saturated carbocycles. The van der Waals surface area contributed by atoms with Crippen LogP contribution < -0.4 is 5.32 Å². The van der Waals surface area contributed by atoms with Crippen molar-refractivity contribution < 1.29 is 4.92 Å². The SMILES string of the molecule is C=C(Br)CNc1ccc(Cl)cc1[N+](=O)[O-]. The zero-order valence-electron chi connectivity index (χ0n) is 7.67. The fourth-order valence-electron chi connectivity index (χ4n) is 0.996. The van der Waals surface area contributed by atoms with E-state index in [1.54, 1.807) is 12.1 Å². The summed E-state index contributed by atoms with van der Waals surface area (Å²) >= 11 is 8.82. The average molecular weight is 292 g/mol. The number of nitro benzene ring substituents is 1. The van der Waals surface area contributed by atoms with Crippen molar-refractivity contribution >= 4 is 38.9 Å². The molecular formula is C9H8BrClN2O2. The van der Waals surface area contributed by atoms with E-state index in [1.165, 1.54) is 6.07 Å². The summed E-state index contributed by atoms with van der Waals surface area (Å²) in [5.74, 6) is 0. The van der Waals surface area contributed by atoms with Crippen LogP contribution in [0, 0.1) is 10.1 Å². The molecule has 0 aromatic heterocycles. The van der Waals surface area contributed by atoms with Gasteiger partial charge in [-0.25, -0.2) is 0 Å². The maximum Gasteiger partial charge on any atom is 0.293 e. The number of nitrogens with one attached hydrogen (secondary N) is 1. The third kappa shape index (κ3) is 3.53. The van der Waals surface area contributed by atoms with E-state index in [-0.39, 0.29) is 5.69 Å². The van der Waals surface area contributed by atoms with Crippen LogP contribution in [0.5, 0.6) is 0 Å². The molecule has 1 aromatic carbocycles. The predicted molar refractivity (Wildman–Crippen MR) is 64.7 cm³/mol. The lowest BCUT2D eigenvalue weighted by Crippen LogP contribution is -2.03. The number of hydrogen-bond acceptors (Lipinski definition) is 3. The van der Waals surface area contributed by atoms with Crippen molar-refractivity contribution in [2.75, 3.05) is 11.9 Å². The van der Waals surface area contributed by atoms with E-state index < -0.39 is 4.92 Å². The summed E-state index contributed by atoms with van der Waals surface area (Å²) in [5.41, 5.74) is 0.376. The third-order valence-corrected chi connectivity index (χ3v) is 2.14. The van der Waals surface area contributed by atoms with Crippen molar-refractivity contribution in [2.45, 2.75) is 0 Å². The number of nitro groups is 1. The van der Waals surface area contributed by atoms with Crippen LogP contribution in [0.3, 0.4) is 0 Å². The van der Waals surface area contributed by atoms with Crippen LogP contribution in [0.2, 0.25) is 5.02 Å². The second-order valence-electron chi connectivity index (χ2n) is 2.79. The Morgan fingerprint density at radius 3 is 2.87 bits per heavy atom. The van der Waals surface area contributed by atoms with Gasteiger partial charge in [0.25, 0.3) is 5.69 Å². The summed E-state index contributed by atoms with van der Waals surface area (Å²) in [7, 11) is 0. The second kappa shape index (κ2) is 5.14. The Labute approximate surface area is 100 Å². The first-order valence-electron chi connectivity index (χ1n) is 4.02.